The van der Waals surface area contributed by atoms with Gasteiger partial charge in [0.1, 0.15) is 5.52 Å². The summed E-state index contributed by atoms with van der Waals surface area (Å²) in [6, 6.07) is 8.91. The van der Waals surface area contributed by atoms with Gasteiger partial charge in [-0.3, -0.25) is 4.79 Å². The second-order valence-electron chi connectivity index (χ2n) is 6.46. The average Bonchev–Trinajstić information content (AvgIpc) is 3.03. The van der Waals surface area contributed by atoms with E-state index in [-0.39, 0.29) is 25.2 Å². The number of halogens is 1. The molecule has 0 spiro atoms. The van der Waals surface area contributed by atoms with Gasteiger partial charge in [-0.1, -0.05) is 29.5 Å². The minimum Gasteiger partial charge on any atom is -0.466 e. The Labute approximate surface area is 156 Å². The van der Waals surface area contributed by atoms with Crippen LogP contribution in [0.1, 0.15) is 41.5 Å². The Kier molecular flexibility index (Phi) is 5.51. The number of aryl methyl sites for hydroxylation is 2. The lowest BCUT2D eigenvalue weighted by Gasteiger charge is -2.19. The van der Waals surface area contributed by atoms with Crippen molar-refractivity contribution in [2.24, 2.45) is 7.05 Å². The minimum absolute atomic E-state index is 0.00947. The molecule has 0 aliphatic carbocycles. The number of benzene rings is 2. The highest BCUT2D eigenvalue weighted by Crippen LogP contribution is 2.34. The Morgan fingerprint density at radius 3 is 2.81 bits per heavy atom. The number of aliphatic hydroxyl groups excluding tert-OH is 1. The van der Waals surface area contributed by atoms with Crippen LogP contribution >= 0.6 is 0 Å². The van der Waals surface area contributed by atoms with Gasteiger partial charge >= 0.3 is 5.97 Å². The van der Waals surface area contributed by atoms with E-state index in [4.69, 9.17) is 4.74 Å². The molecule has 0 saturated heterocycles. The lowest BCUT2D eigenvalue weighted by molar-refractivity contribution is -0.143. The van der Waals surface area contributed by atoms with Gasteiger partial charge in [0.25, 0.3) is 0 Å². The van der Waals surface area contributed by atoms with Crippen molar-refractivity contribution in [3.8, 4) is 0 Å². The van der Waals surface area contributed by atoms with Crippen molar-refractivity contribution in [1.29, 1.82) is 0 Å². The molecule has 1 unspecified atom stereocenters. The number of esters is 1. The number of aromatic nitrogens is 3. The van der Waals surface area contributed by atoms with E-state index in [1.165, 1.54) is 4.68 Å². The lowest BCUT2D eigenvalue weighted by atomic mass is 9.86. The molecule has 142 valence electrons. The molecular weight excluding hydrogens is 349 g/mol. The molecule has 1 aromatic heterocycles. The molecule has 0 aliphatic heterocycles. The first-order valence-electron chi connectivity index (χ1n) is 8.80. The van der Waals surface area contributed by atoms with Gasteiger partial charge in [0, 0.05) is 13.0 Å². The third-order valence-corrected chi connectivity index (χ3v) is 4.75. The Balaban J connectivity index is 2.12. The van der Waals surface area contributed by atoms with Crippen molar-refractivity contribution in [1.82, 2.24) is 15.0 Å². The van der Waals surface area contributed by atoms with E-state index in [2.05, 4.69) is 10.3 Å². The van der Waals surface area contributed by atoms with E-state index in [0.717, 1.165) is 16.7 Å². The zero-order chi connectivity index (χ0) is 19.6. The molecule has 2 aromatic carbocycles. The molecule has 0 saturated carbocycles. The highest BCUT2D eigenvalue weighted by atomic mass is 19.1. The molecule has 0 aliphatic rings. The Morgan fingerprint density at radius 2 is 2.11 bits per heavy atom. The van der Waals surface area contributed by atoms with Gasteiger partial charge in [-0.05, 0) is 42.2 Å². The number of nitrogens with zero attached hydrogens (tertiary/aromatic N) is 3. The molecular formula is C20H22FN3O3. The fraction of sp³-hybridized carbons (Fsp3) is 0.350. The maximum Gasteiger partial charge on any atom is 0.306 e. The normalized spacial score (nSPS) is 12.3. The number of ether oxygens (including phenoxy) is 1. The monoisotopic (exact) mass is 371 g/mol. The van der Waals surface area contributed by atoms with Crippen molar-refractivity contribution in [3.05, 3.63) is 58.4 Å². The molecule has 1 N–H and O–H groups in total. The second kappa shape index (κ2) is 7.84. The summed E-state index contributed by atoms with van der Waals surface area (Å²) < 4.78 is 21.8. The number of aliphatic hydroxyl groups is 1. The zero-order valence-electron chi connectivity index (χ0n) is 15.6. The van der Waals surface area contributed by atoms with Crippen LogP contribution in [0.2, 0.25) is 0 Å². The van der Waals surface area contributed by atoms with Gasteiger partial charge < -0.3 is 9.84 Å². The molecule has 7 heteroatoms. The third kappa shape index (κ3) is 3.68. The fourth-order valence-corrected chi connectivity index (χ4v) is 3.23. The van der Waals surface area contributed by atoms with Crippen LogP contribution in [-0.2, 0) is 23.2 Å². The first-order chi connectivity index (χ1) is 13.0. The summed E-state index contributed by atoms with van der Waals surface area (Å²) in [4.78, 5) is 12.2. The predicted molar refractivity (Wildman–Crippen MR) is 98.7 cm³/mol. The standard InChI is InChI=1S/C20H22FN3O3/c1-4-27-18(26)10-16(13-6-5-12(2)14(9-13)11-25)15-7-8-17-20(19(15)21)22-23-24(17)3/h5-9,16,25H,4,10-11H2,1-3H3. The Bertz CT molecular complexity index is 984. The average molecular weight is 371 g/mol. The van der Waals surface area contributed by atoms with Gasteiger partial charge in [-0.25, -0.2) is 9.07 Å². The second-order valence-corrected chi connectivity index (χ2v) is 6.46. The van der Waals surface area contributed by atoms with E-state index in [9.17, 15) is 9.90 Å². The molecule has 0 fully saturated rings. The summed E-state index contributed by atoms with van der Waals surface area (Å²) in [6.45, 7) is 3.75. The van der Waals surface area contributed by atoms with Crippen molar-refractivity contribution in [2.45, 2.75) is 32.8 Å². The summed E-state index contributed by atoms with van der Waals surface area (Å²) in [6.07, 6.45) is -0.00947. The fourth-order valence-electron chi connectivity index (χ4n) is 3.23. The molecule has 0 amide bonds. The van der Waals surface area contributed by atoms with E-state index in [0.29, 0.717) is 11.1 Å². The maximum atomic E-state index is 15.2. The molecule has 27 heavy (non-hydrogen) atoms. The van der Waals surface area contributed by atoms with Crippen LogP contribution in [0.3, 0.4) is 0 Å². The predicted octanol–water partition coefficient (Wildman–Crippen LogP) is 2.99. The van der Waals surface area contributed by atoms with Crippen molar-refractivity contribution in [2.75, 3.05) is 6.61 Å². The summed E-state index contributed by atoms with van der Waals surface area (Å²) in [7, 11) is 1.69. The molecule has 1 heterocycles. The number of hydrogen-bond donors (Lipinski definition) is 1. The van der Waals surface area contributed by atoms with Crippen LogP contribution in [-0.4, -0.2) is 32.7 Å². The number of rotatable bonds is 6. The molecule has 1 atom stereocenters. The van der Waals surface area contributed by atoms with Crippen LogP contribution < -0.4 is 0 Å². The molecule has 6 nitrogen and oxygen atoms in total. The zero-order valence-corrected chi connectivity index (χ0v) is 15.6. The molecule has 3 rings (SSSR count). The lowest BCUT2D eigenvalue weighted by Crippen LogP contribution is -2.13. The quantitative estimate of drug-likeness (QED) is 0.674. The van der Waals surface area contributed by atoms with Crippen LogP contribution in [0.25, 0.3) is 11.0 Å². The van der Waals surface area contributed by atoms with Gasteiger partial charge in [-0.15, -0.1) is 5.10 Å². The first-order valence-corrected chi connectivity index (χ1v) is 8.80. The van der Waals surface area contributed by atoms with Crippen LogP contribution in [0.15, 0.2) is 30.3 Å². The smallest absolute Gasteiger partial charge is 0.306 e. The first kappa shape index (κ1) is 19.0. The molecule has 3 aromatic rings. The highest BCUT2D eigenvalue weighted by Gasteiger charge is 2.25. The highest BCUT2D eigenvalue weighted by molar-refractivity contribution is 5.77. The van der Waals surface area contributed by atoms with E-state index < -0.39 is 17.7 Å². The third-order valence-electron chi connectivity index (χ3n) is 4.75. The van der Waals surface area contributed by atoms with Gasteiger partial charge in [0.05, 0.1) is 25.2 Å². The summed E-state index contributed by atoms with van der Waals surface area (Å²) in [5, 5.41) is 17.3. The summed E-state index contributed by atoms with van der Waals surface area (Å²) >= 11 is 0. The number of fused-ring (bicyclic) bond motifs is 1. The van der Waals surface area contributed by atoms with Crippen LogP contribution in [0.5, 0.6) is 0 Å². The van der Waals surface area contributed by atoms with Gasteiger partial charge in [-0.2, -0.15) is 0 Å². The number of carbonyl (C=O) groups excluding carboxylic acids is 1. The number of hydrogen-bond acceptors (Lipinski definition) is 5. The van der Waals surface area contributed by atoms with Crippen molar-refractivity contribution < 1.29 is 19.0 Å². The Morgan fingerprint density at radius 1 is 1.33 bits per heavy atom. The van der Waals surface area contributed by atoms with Crippen molar-refractivity contribution >= 4 is 17.0 Å². The van der Waals surface area contributed by atoms with Gasteiger partial charge in [0.2, 0.25) is 0 Å². The summed E-state index contributed by atoms with van der Waals surface area (Å²) in [5.41, 5.74) is 3.50. The minimum atomic E-state index is -0.554. The Hall–Kier alpha value is -2.80. The van der Waals surface area contributed by atoms with Gasteiger partial charge in [0.15, 0.2) is 5.82 Å². The van der Waals surface area contributed by atoms with Crippen molar-refractivity contribution in [3.63, 3.8) is 0 Å². The van der Waals surface area contributed by atoms with E-state index in [1.807, 2.05) is 19.1 Å². The number of carbonyl (C=O) groups is 1. The molecule has 0 radical (unpaired) electrons. The largest absolute Gasteiger partial charge is 0.466 e. The SMILES string of the molecule is CCOC(=O)CC(c1ccc(C)c(CO)c1)c1ccc2c(nnn2C)c1F. The molecule has 0 bridgehead atoms. The van der Waals surface area contributed by atoms with Crippen LogP contribution in [0, 0.1) is 12.7 Å². The maximum absolute atomic E-state index is 15.2. The van der Waals surface area contributed by atoms with Crippen LogP contribution in [0.4, 0.5) is 4.39 Å². The summed E-state index contributed by atoms with van der Waals surface area (Å²) in [5.74, 6) is -1.46. The van der Waals surface area contributed by atoms with E-state index >= 15 is 4.39 Å². The topological polar surface area (TPSA) is 77.2 Å². The van der Waals surface area contributed by atoms with E-state index in [1.54, 1.807) is 32.2 Å².